The monoisotopic (exact) mass is 197 g/mol. The highest BCUT2D eigenvalue weighted by Crippen LogP contribution is 2.07. The first-order valence-corrected chi connectivity index (χ1v) is 4.72. The van der Waals surface area contributed by atoms with Gasteiger partial charge >= 0.3 is 0 Å². The lowest BCUT2D eigenvalue weighted by Crippen LogP contribution is -2.30. The molecule has 0 spiro atoms. The molecule has 0 amide bonds. The molecule has 78 valence electrons. The van der Waals surface area contributed by atoms with Crippen molar-refractivity contribution in [1.29, 1.82) is 0 Å². The number of nitrogens with zero attached hydrogens (tertiary/aromatic N) is 4. The molecule has 1 aromatic rings. The Hall–Kier alpha value is -1.21. The van der Waals surface area contributed by atoms with Crippen LogP contribution in [0.2, 0.25) is 0 Å². The summed E-state index contributed by atoms with van der Waals surface area (Å²) in [6, 6.07) is 0.476. The smallest absolute Gasteiger partial charge is 0.242 e. The molecule has 1 saturated heterocycles. The van der Waals surface area contributed by atoms with Crippen LogP contribution in [0.3, 0.4) is 0 Å². The standard InChI is InChI=1S/C7H15N7/c1-5-6(4-9-10-5)3-8-7-11-12-13-14(7)2/h5-6,9-10H,3-4H2,1-2H3,(H,8,11,13). The molecule has 1 aliphatic heterocycles. The first kappa shape index (κ1) is 9.35. The molecule has 2 unspecified atom stereocenters. The van der Waals surface area contributed by atoms with Crippen LogP contribution in [-0.2, 0) is 7.05 Å². The Kier molecular flexibility index (Phi) is 2.60. The lowest BCUT2D eigenvalue weighted by Gasteiger charge is -2.13. The summed E-state index contributed by atoms with van der Waals surface area (Å²) < 4.78 is 1.63. The number of hydrogen-bond donors (Lipinski definition) is 3. The Labute approximate surface area is 82.2 Å². The zero-order valence-electron chi connectivity index (χ0n) is 8.36. The highest BCUT2D eigenvalue weighted by molar-refractivity contribution is 5.21. The lowest BCUT2D eigenvalue weighted by molar-refractivity contribution is 0.507. The Morgan fingerprint density at radius 2 is 2.50 bits per heavy atom. The predicted octanol–water partition coefficient (Wildman–Crippen LogP) is -1.27. The van der Waals surface area contributed by atoms with E-state index < -0.39 is 0 Å². The van der Waals surface area contributed by atoms with Crippen LogP contribution in [0.1, 0.15) is 6.92 Å². The molecule has 0 saturated carbocycles. The van der Waals surface area contributed by atoms with Gasteiger partial charge < -0.3 is 5.32 Å². The van der Waals surface area contributed by atoms with Crippen molar-refractivity contribution >= 4 is 5.95 Å². The van der Waals surface area contributed by atoms with Gasteiger partial charge in [0.15, 0.2) is 0 Å². The fourth-order valence-electron chi connectivity index (χ4n) is 1.50. The van der Waals surface area contributed by atoms with Crippen molar-refractivity contribution in [3.05, 3.63) is 0 Å². The Balaban J connectivity index is 1.85. The number of hydrogen-bond acceptors (Lipinski definition) is 6. The summed E-state index contributed by atoms with van der Waals surface area (Å²) in [6.07, 6.45) is 0. The van der Waals surface area contributed by atoms with Gasteiger partial charge in [-0.25, -0.2) is 4.68 Å². The second-order valence-corrected chi connectivity index (χ2v) is 3.58. The molecule has 7 heteroatoms. The summed E-state index contributed by atoms with van der Waals surface area (Å²) in [7, 11) is 1.82. The first-order valence-electron chi connectivity index (χ1n) is 4.72. The molecule has 2 heterocycles. The normalized spacial score (nSPS) is 26.7. The molecule has 0 aromatic carbocycles. The van der Waals surface area contributed by atoms with E-state index in [1.165, 1.54) is 0 Å². The molecule has 0 radical (unpaired) electrons. The molecule has 2 atom stereocenters. The van der Waals surface area contributed by atoms with Crippen molar-refractivity contribution in [3.8, 4) is 0 Å². The van der Waals surface area contributed by atoms with E-state index in [1.807, 2.05) is 7.05 Å². The molecular weight excluding hydrogens is 182 g/mol. The second-order valence-electron chi connectivity index (χ2n) is 3.58. The van der Waals surface area contributed by atoms with Crippen LogP contribution in [0.5, 0.6) is 0 Å². The van der Waals surface area contributed by atoms with Gasteiger partial charge in [0.2, 0.25) is 5.95 Å². The van der Waals surface area contributed by atoms with Crippen LogP contribution >= 0.6 is 0 Å². The van der Waals surface area contributed by atoms with Crippen molar-refractivity contribution in [3.63, 3.8) is 0 Å². The summed E-state index contributed by atoms with van der Waals surface area (Å²) in [5, 5.41) is 14.4. The second kappa shape index (κ2) is 3.89. The number of hydrazine groups is 1. The molecule has 0 aliphatic carbocycles. The van der Waals surface area contributed by atoms with Gasteiger partial charge in [0.1, 0.15) is 0 Å². The highest BCUT2D eigenvalue weighted by atomic mass is 15.6. The Bertz CT molecular complexity index is 296. The predicted molar refractivity (Wildman–Crippen MR) is 51.4 cm³/mol. The molecule has 0 bridgehead atoms. The number of nitrogens with one attached hydrogen (secondary N) is 3. The first-order chi connectivity index (χ1) is 6.77. The van der Waals surface area contributed by atoms with Crippen LogP contribution in [0.25, 0.3) is 0 Å². The van der Waals surface area contributed by atoms with Gasteiger partial charge in [-0.3, -0.25) is 10.9 Å². The van der Waals surface area contributed by atoms with Crippen LogP contribution in [0.4, 0.5) is 5.95 Å². The SMILES string of the molecule is CC1NNCC1CNc1nnnn1C. The zero-order chi connectivity index (χ0) is 9.97. The number of rotatable bonds is 3. The van der Waals surface area contributed by atoms with E-state index in [4.69, 9.17) is 0 Å². The quantitative estimate of drug-likeness (QED) is 0.561. The third-order valence-electron chi connectivity index (χ3n) is 2.54. The largest absolute Gasteiger partial charge is 0.353 e. The van der Waals surface area contributed by atoms with Gasteiger partial charge in [-0.2, -0.15) is 0 Å². The number of aromatic nitrogens is 4. The summed E-state index contributed by atoms with van der Waals surface area (Å²) in [6.45, 7) is 4.00. The maximum absolute atomic E-state index is 3.85. The molecule has 2 rings (SSSR count). The molecule has 14 heavy (non-hydrogen) atoms. The average Bonchev–Trinajstić information content (AvgIpc) is 2.72. The van der Waals surface area contributed by atoms with E-state index in [0.29, 0.717) is 17.9 Å². The van der Waals surface area contributed by atoms with Gasteiger partial charge in [0.25, 0.3) is 0 Å². The summed E-state index contributed by atoms with van der Waals surface area (Å²) in [5.41, 5.74) is 6.28. The van der Waals surface area contributed by atoms with Crippen LogP contribution in [-0.4, -0.2) is 39.3 Å². The van der Waals surface area contributed by atoms with E-state index in [-0.39, 0.29) is 0 Å². The van der Waals surface area contributed by atoms with Crippen molar-refractivity contribution in [2.45, 2.75) is 13.0 Å². The summed E-state index contributed by atoms with van der Waals surface area (Å²) in [5.74, 6) is 1.27. The molecule has 1 fully saturated rings. The average molecular weight is 197 g/mol. The van der Waals surface area contributed by atoms with Crippen LogP contribution < -0.4 is 16.2 Å². The van der Waals surface area contributed by atoms with Crippen molar-refractivity contribution in [1.82, 2.24) is 31.1 Å². The number of anilines is 1. The molecule has 3 N–H and O–H groups in total. The van der Waals surface area contributed by atoms with Crippen LogP contribution in [0, 0.1) is 5.92 Å². The lowest BCUT2D eigenvalue weighted by atomic mass is 10.0. The summed E-state index contributed by atoms with van der Waals surface area (Å²) in [4.78, 5) is 0. The zero-order valence-corrected chi connectivity index (χ0v) is 8.36. The van der Waals surface area contributed by atoms with Crippen molar-refractivity contribution in [2.24, 2.45) is 13.0 Å². The molecule has 7 nitrogen and oxygen atoms in total. The van der Waals surface area contributed by atoms with Gasteiger partial charge in [0, 0.05) is 32.1 Å². The highest BCUT2D eigenvalue weighted by Gasteiger charge is 2.22. The van der Waals surface area contributed by atoms with E-state index in [2.05, 4.69) is 38.6 Å². The third kappa shape index (κ3) is 1.83. The molecular formula is C7H15N7. The minimum atomic E-state index is 0.476. The van der Waals surface area contributed by atoms with E-state index in [1.54, 1.807) is 4.68 Å². The van der Waals surface area contributed by atoms with Crippen molar-refractivity contribution < 1.29 is 0 Å². The summed E-state index contributed by atoms with van der Waals surface area (Å²) >= 11 is 0. The van der Waals surface area contributed by atoms with E-state index >= 15 is 0 Å². The van der Waals surface area contributed by atoms with E-state index in [0.717, 1.165) is 13.1 Å². The van der Waals surface area contributed by atoms with Gasteiger partial charge in [-0.05, 0) is 17.4 Å². The fourth-order valence-corrected chi connectivity index (χ4v) is 1.50. The number of tetrazole rings is 1. The topological polar surface area (TPSA) is 79.7 Å². The fraction of sp³-hybridized carbons (Fsp3) is 0.857. The van der Waals surface area contributed by atoms with Gasteiger partial charge in [-0.1, -0.05) is 5.10 Å². The number of aryl methyl sites for hydroxylation is 1. The maximum Gasteiger partial charge on any atom is 0.242 e. The van der Waals surface area contributed by atoms with Gasteiger partial charge in [0.05, 0.1) is 0 Å². The van der Waals surface area contributed by atoms with Crippen molar-refractivity contribution in [2.75, 3.05) is 18.4 Å². The molecule has 1 aliphatic rings. The maximum atomic E-state index is 3.85. The Morgan fingerprint density at radius 3 is 3.07 bits per heavy atom. The molecule has 1 aromatic heterocycles. The van der Waals surface area contributed by atoms with Crippen LogP contribution in [0.15, 0.2) is 0 Å². The minimum Gasteiger partial charge on any atom is -0.353 e. The Morgan fingerprint density at radius 1 is 1.64 bits per heavy atom. The third-order valence-corrected chi connectivity index (χ3v) is 2.54. The minimum absolute atomic E-state index is 0.476. The van der Waals surface area contributed by atoms with E-state index in [9.17, 15) is 0 Å². The van der Waals surface area contributed by atoms with Gasteiger partial charge in [-0.15, -0.1) is 0 Å².